The second-order valence-corrected chi connectivity index (χ2v) is 6.10. The number of hydrogen-bond donors (Lipinski definition) is 1. The molecule has 116 valence electrons. The average Bonchev–Trinajstić information content (AvgIpc) is 3.16. The van der Waals surface area contributed by atoms with E-state index in [1.54, 1.807) is 0 Å². The molecule has 3 atom stereocenters. The first-order chi connectivity index (χ1) is 10.2. The summed E-state index contributed by atoms with van der Waals surface area (Å²) in [6.45, 7) is 9.16. The normalized spacial score (nSPS) is 32.9. The van der Waals surface area contributed by atoms with Crippen LogP contribution in [0.3, 0.4) is 0 Å². The van der Waals surface area contributed by atoms with E-state index in [9.17, 15) is 0 Å². The molecule has 2 aliphatic heterocycles. The van der Waals surface area contributed by atoms with Crippen molar-refractivity contribution in [2.24, 2.45) is 0 Å². The lowest BCUT2D eigenvalue weighted by molar-refractivity contribution is -0.164. The largest absolute Gasteiger partial charge is 0.343 e. The highest BCUT2D eigenvalue weighted by molar-refractivity contribution is 5.20. The van der Waals surface area contributed by atoms with E-state index in [1.165, 1.54) is 6.42 Å². The molecule has 3 unspecified atom stereocenters. The Morgan fingerprint density at radius 1 is 1.33 bits per heavy atom. The van der Waals surface area contributed by atoms with Crippen LogP contribution in [0.1, 0.15) is 25.8 Å². The molecule has 0 saturated carbocycles. The van der Waals surface area contributed by atoms with Crippen LogP contribution in [0.5, 0.6) is 0 Å². The highest BCUT2D eigenvalue weighted by atomic mass is 16.7. The van der Waals surface area contributed by atoms with Gasteiger partial charge in [0.2, 0.25) is 0 Å². The minimum absolute atomic E-state index is 0.149. The molecule has 2 heterocycles. The Labute approximate surface area is 127 Å². The van der Waals surface area contributed by atoms with Crippen molar-refractivity contribution in [2.75, 3.05) is 32.8 Å². The van der Waals surface area contributed by atoms with E-state index in [4.69, 9.17) is 9.47 Å². The summed E-state index contributed by atoms with van der Waals surface area (Å²) in [5, 5.41) is 3.44. The van der Waals surface area contributed by atoms with E-state index in [2.05, 4.69) is 29.3 Å². The molecule has 4 nitrogen and oxygen atoms in total. The maximum Gasteiger partial charge on any atom is 0.192 e. The summed E-state index contributed by atoms with van der Waals surface area (Å²) in [6.07, 6.45) is 1.38. The summed E-state index contributed by atoms with van der Waals surface area (Å²) in [7, 11) is 0. The van der Waals surface area contributed by atoms with Gasteiger partial charge in [0.05, 0.1) is 12.7 Å². The van der Waals surface area contributed by atoms with Gasteiger partial charge < -0.3 is 14.8 Å². The third kappa shape index (κ3) is 3.29. The molecule has 1 aromatic rings. The molecule has 2 saturated heterocycles. The van der Waals surface area contributed by atoms with Gasteiger partial charge in [-0.1, -0.05) is 37.3 Å². The van der Waals surface area contributed by atoms with Crippen LogP contribution in [0.2, 0.25) is 0 Å². The Morgan fingerprint density at radius 2 is 2.14 bits per heavy atom. The number of benzene rings is 1. The zero-order valence-corrected chi connectivity index (χ0v) is 13.0. The van der Waals surface area contributed by atoms with Crippen molar-refractivity contribution in [2.45, 2.75) is 38.2 Å². The molecular weight excluding hydrogens is 264 g/mol. The van der Waals surface area contributed by atoms with E-state index in [-0.39, 0.29) is 6.10 Å². The van der Waals surface area contributed by atoms with Crippen molar-refractivity contribution in [3.63, 3.8) is 0 Å². The maximum atomic E-state index is 6.24. The molecule has 1 aromatic carbocycles. The summed E-state index contributed by atoms with van der Waals surface area (Å²) >= 11 is 0. The van der Waals surface area contributed by atoms with Crippen molar-refractivity contribution in [3.05, 3.63) is 35.9 Å². The lowest BCUT2D eigenvalue weighted by Gasteiger charge is -2.30. The van der Waals surface area contributed by atoms with Crippen LogP contribution in [0.15, 0.2) is 30.3 Å². The molecule has 2 aliphatic rings. The van der Waals surface area contributed by atoms with Crippen molar-refractivity contribution >= 4 is 0 Å². The van der Waals surface area contributed by atoms with Crippen molar-refractivity contribution in [3.8, 4) is 0 Å². The van der Waals surface area contributed by atoms with E-state index < -0.39 is 5.79 Å². The number of rotatable bonds is 5. The zero-order valence-electron chi connectivity index (χ0n) is 13.0. The van der Waals surface area contributed by atoms with E-state index >= 15 is 0 Å². The Hall–Kier alpha value is -0.940. The van der Waals surface area contributed by atoms with Crippen LogP contribution < -0.4 is 5.32 Å². The van der Waals surface area contributed by atoms with Crippen LogP contribution in [-0.2, 0) is 15.3 Å². The molecule has 2 fully saturated rings. The van der Waals surface area contributed by atoms with E-state index in [0.29, 0.717) is 12.6 Å². The highest BCUT2D eigenvalue weighted by Crippen LogP contribution is 2.34. The molecule has 0 bridgehead atoms. The minimum Gasteiger partial charge on any atom is -0.343 e. The van der Waals surface area contributed by atoms with Crippen LogP contribution in [0.25, 0.3) is 0 Å². The Morgan fingerprint density at radius 3 is 2.81 bits per heavy atom. The predicted molar refractivity (Wildman–Crippen MR) is 83.1 cm³/mol. The fourth-order valence-electron chi connectivity index (χ4n) is 3.37. The highest BCUT2D eigenvalue weighted by Gasteiger charge is 2.39. The third-order valence-corrected chi connectivity index (χ3v) is 4.63. The molecule has 0 spiro atoms. The van der Waals surface area contributed by atoms with Gasteiger partial charge in [-0.25, -0.2) is 0 Å². The lowest BCUT2D eigenvalue weighted by atomic mass is 10.1. The minimum atomic E-state index is -0.598. The second kappa shape index (κ2) is 6.44. The summed E-state index contributed by atoms with van der Waals surface area (Å²) in [5.74, 6) is -0.598. The monoisotopic (exact) mass is 290 g/mol. The molecule has 3 rings (SSSR count). The molecule has 0 aliphatic carbocycles. The van der Waals surface area contributed by atoms with Gasteiger partial charge in [-0.3, -0.25) is 4.90 Å². The quantitative estimate of drug-likeness (QED) is 0.899. The fourth-order valence-corrected chi connectivity index (χ4v) is 3.37. The van der Waals surface area contributed by atoms with Crippen molar-refractivity contribution in [1.29, 1.82) is 0 Å². The van der Waals surface area contributed by atoms with Gasteiger partial charge in [0.25, 0.3) is 0 Å². The zero-order chi connectivity index (χ0) is 14.7. The molecular formula is C17H26N2O2. The topological polar surface area (TPSA) is 33.7 Å². The Balaban J connectivity index is 1.61. The molecule has 0 aromatic heterocycles. The van der Waals surface area contributed by atoms with Gasteiger partial charge >= 0.3 is 0 Å². The smallest absolute Gasteiger partial charge is 0.192 e. The predicted octanol–water partition coefficient (Wildman–Crippen LogP) is 1.96. The van der Waals surface area contributed by atoms with Gasteiger partial charge in [-0.15, -0.1) is 0 Å². The fraction of sp³-hybridized carbons (Fsp3) is 0.647. The van der Waals surface area contributed by atoms with Gasteiger partial charge in [0.15, 0.2) is 5.79 Å². The standard InChI is InChI=1S/C17H26N2O2/c1-3-19(15-9-10-18-11-15)12-16-13-20-17(2,21-16)14-7-5-4-6-8-14/h4-8,15-16,18H,3,9-13H2,1-2H3. The lowest BCUT2D eigenvalue weighted by Crippen LogP contribution is -2.42. The van der Waals surface area contributed by atoms with Crippen LogP contribution in [-0.4, -0.2) is 49.8 Å². The van der Waals surface area contributed by atoms with E-state index in [1.807, 2.05) is 25.1 Å². The van der Waals surface area contributed by atoms with Crippen LogP contribution >= 0.6 is 0 Å². The molecule has 1 N–H and O–H groups in total. The summed E-state index contributed by atoms with van der Waals surface area (Å²) in [5.41, 5.74) is 1.10. The number of ether oxygens (including phenoxy) is 2. The molecule has 0 radical (unpaired) electrons. The average molecular weight is 290 g/mol. The van der Waals surface area contributed by atoms with Crippen molar-refractivity contribution in [1.82, 2.24) is 10.2 Å². The van der Waals surface area contributed by atoms with Gasteiger partial charge in [0.1, 0.15) is 0 Å². The Kier molecular flexibility index (Phi) is 4.60. The van der Waals surface area contributed by atoms with Crippen LogP contribution in [0, 0.1) is 0 Å². The van der Waals surface area contributed by atoms with Gasteiger partial charge in [-0.2, -0.15) is 0 Å². The molecule has 0 amide bonds. The molecule has 21 heavy (non-hydrogen) atoms. The number of nitrogens with one attached hydrogen (secondary N) is 1. The SMILES string of the molecule is CCN(CC1COC(C)(c2ccccc2)O1)C1CCNC1. The first-order valence-electron chi connectivity index (χ1n) is 8.03. The van der Waals surface area contributed by atoms with Crippen molar-refractivity contribution < 1.29 is 9.47 Å². The Bertz CT molecular complexity index is 447. The number of nitrogens with zero attached hydrogens (tertiary/aromatic N) is 1. The van der Waals surface area contributed by atoms with Crippen LogP contribution in [0.4, 0.5) is 0 Å². The first kappa shape index (κ1) is 15.0. The second-order valence-electron chi connectivity index (χ2n) is 6.10. The third-order valence-electron chi connectivity index (χ3n) is 4.63. The molecule has 4 heteroatoms. The summed E-state index contributed by atoms with van der Waals surface area (Å²) < 4.78 is 12.2. The summed E-state index contributed by atoms with van der Waals surface area (Å²) in [6, 6.07) is 10.9. The maximum absolute atomic E-state index is 6.24. The van der Waals surface area contributed by atoms with E-state index in [0.717, 1.165) is 31.7 Å². The van der Waals surface area contributed by atoms with Gasteiger partial charge in [0, 0.05) is 24.7 Å². The first-order valence-corrected chi connectivity index (χ1v) is 8.03. The number of hydrogen-bond acceptors (Lipinski definition) is 4. The number of likely N-dealkylation sites (N-methyl/N-ethyl adjacent to an activating group) is 1. The summed E-state index contributed by atoms with van der Waals surface area (Å²) in [4.78, 5) is 2.52. The van der Waals surface area contributed by atoms with Gasteiger partial charge in [-0.05, 0) is 26.4 Å².